The van der Waals surface area contributed by atoms with E-state index < -0.39 is 0 Å². The van der Waals surface area contributed by atoms with Crippen molar-refractivity contribution in [3.63, 3.8) is 0 Å². The van der Waals surface area contributed by atoms with Crippen LogP contribution in [0.4, 0.5) is 0 Å². The summed E-state index contributed by atoms with van der Waals surface area (Å²) in [5.74, 6) is 1.07. The Balaban J connectivity index is 0.00000320. The number of carbonyl (C=O) groups is 1. The van der Waals surface area contributed by atoms with E-state index in [2.05, 4.69) is 57.9 Å². The Labute approximate surface area is 201 Å². The van der Waals surface area contributed by atoms with Gasteiger partial charge < -0.3 is 15.1 Å². The predicted octanol–water partition coefficient (Wildman–Crippen LogP) is 4.36. The molecule has 5 nitrogen and oxygen atoms in total. The fraction of sp³-hybridized carbons (Fsp3) is 0.391. The second kappa shape index (κ2) is 12.2. The smallest absolute Gasteiger partial charge is 0.223 e. The van der Waals surface area contributed by atoms with Gasteiger partial charge in [-0.2, -0.15) is 0 Å². The monoisotopic (exact) mass is 538 g/mol. The van der Waals surface area contributed by atoms with Gasteiger partial charge in [-0.15, -0.1) is 35.7 Å². The molecular formula is C23H31IN4OS. The lowest BCUT2D eigenvalue weighted by molar-refractivity contribution is -0.131. The van der Waals surface area contributed by atoms with Gasteiger partial charge in [0, 0.05) is 51.6 Å². The van der Waals surface area contributed by atoms with Crippen molar-refractivity contribution in [1.29, 1.82) is 0 Å². The van der Waals surface area contributed by atoms with Gasteiger partial charge in [0.05, 0.1) is 0 Å². The van der Waals surface area contributed by atoms with E-state index in [9.17, 15) is 4.79 Å². The third-order valence-corrected chi connectivity index (χ3v) is 5.94. The number of benzene rings is 2. The minimum absolute atomic E-state index is 0. The summed E-state index contributed by atoms with van der Waals surface area (Å²) in [7, 11) is 3.83. The van der Waals surface area contributed by atoms with Gasteiger partial charge in [-0.05, 0) is 41.5 Å². The van der Waals surface area contributed by atoms with Crippen LogP contribution in [0.3, 0.4) is 0 Å². The number of nitrogens with zero attached hydrogens (tertiary/aromatic N) is 3. The van der Waals surface area contributed by atoms with Crippen molar-refractivity contribution in [2.75, 3.05) is 26.9 Å². The first-order valence-corrected chi connectivity index (χ1v) is 11.2. The van der Waals surface area contributed by atoms with Crippen molar-refractivity contribution in [2.24, 2.45) is 4.99 Å². The second-order valence-electron chi connectivity index (χ2n) is 7.30. The molecule has 0 atom stereocenters. The van der Waals surface area contributed by atoms with E-state index in [4.69, 9.17) is 0 Å². The molecule has 0 radical (unpaired) electrons. The molecule has 3 rings (SSSR count). The number of nitrogens with one attached hydrogen (secondary N) is 1. The van der Waals surface area contributed by atoms with E-state index in [1.54, 1.807) is 18.8 Å². The summed E-state index contributed by atoms with van der Waals surface area (Å²) in [6.07, 6.45) is 3.43. The minimum Gasteiger partial charge on any atom is -0.356 e. The molecule has 1 aliphatic rings. The lowest BCUT2D eigenvalue weighted by Gasteiger charge is -2.22. The van der Waals surface area contributed by atoms with Gasteiger partial charge in [-0.3, -0.25) is 9.79 Å². The second-order valence-corrected chi connectivity index (χ2v) is 8.18. The van der Waals surface area contributed by atoms with Gasteiger partial charge in [0.15, 0.2) is 5.96 Å². The van der Waals surface area contributed by atoms with Crippen molar-refractivity contribution in [2.45, 2.75) is 37.4 Å². The number of carbonyl (C=O) groups excluding carboxylic acids is 1. The van der Waals surface area contributed by atoms with Crippen molar-refractivity contribution in [1.82, 2.24) is 15.1 Å². The molecule has 0 aromatic heterocycles. The summed E-state index contributed by atoms with van der Waals surface area (Å²) in [5.41, 5.74) is 3.79. The van der Waals surface area contributed by atoms with Crippen LogP contribution < -0.4 is 5.32 Å². The zero-order valence-electron chi connectivity index (χ0n) is 17.9. The molecule has 0 fully saturated rings. The number of hydrogen-bond donors (Lipinski definition) is 1. The third-order valence-electron chi connectivity index (χ3n) is 5.20. The predicted molar refractivity (Wildman–Crippen MR) is 136 cm³/mol. The Morgan fingerprint density at radius 2 is 1.77 bits per heavy atom. The first-order valence-electron chi connectivity index (χ1n) is 10.00. The van der Waals surface area contributed by atoms with E-state index in [0.29, 0.717) is 6.42 Å². The van der Waals surface area contributed by atoms with E-state index >= 15 is 0 Å². The molecular weight excluding hydrogens is 507 g/mol. The number of guanidine groups is 1. The Morgan fingerprint density at radius 3 is 2.33 bits per heavy atom. The number of thioether (sulfide) groups is 1. The summed E-state index contributed by atoms with van der Waals surface area (Å²) < 4.78 is 0. The average molecular weight is 538 g/mol. The van der Waals surface area contributed by atoms with Crippen molar-refractivity contribution < 1.29 is 4.79 Å². The van der Waals surface area contributed by atoms with Crippen molar-refractivity contribution in [3.05, 3.63) is 65.2 Å². The Morgan fingerprint density at radius 1 is 1.13 bits per heavy atom. The van der Waals surface area contributed by atoms with E-state index in [1.165, 1.54) is 21.6 Å². The highest BCUT2D eigenvalue weighted by molar-refractivity contribution is 14.0. The summed E-state index contributed by atoms with van der Waals surface area (Å²) in [4.78, 5) is 22.2. The maximum absolute atomic E-state index is 12.5. The average Bonchev–Trinajstić information content (AvgIpc) is 3.18. The molecule has 0 saturated carbocycles. The van der Waals surface area contributed by atoms with Gasteiger partial charge in [-0.1, -0.05) is 36.4 Å². The van der Waals surface area contributed by atoms with Gasteiger partial charge in [-0.25, -0.2) is 0 Å². The molecule has 0 unspecified atom stereocenters. The summed E-state index contributed by atoms with van der Waals surface area (Å²) in [6, 6.07) is 16.9. The Hall–Kier alpha value is -1.74. The zero-order chi connectivity index (χ0) is 20.6. The first kappa shape index (κ1) is 24.5. The Bertz CT molecular complexity index is 832. The molecule has 0 spiro atoms. The summed E-state index contributed by atoms with van der Waals surface area (Å²) in [5, 5.41) is 3.38. The number of halogens is 1. The molecule has 2 aromatic rings. The molecule has 0 saturated heterocycles. The van der Waals surface area contributed by atoms with Crippen LogP contribution >= 0.6 is 35.7 Å². The lowest BCUT2D eigenvalue weighted by Crippen LogP contribution is -2.39. The number of amides is 1. The van der Waals surface area contributed by atoms with Crippen LogP contribution in [0.5, 0.6) is 0 Å². The SMILES string of the molecule is CN=C(NCCCC(=O)N1Cc2ccccc2C1)N(C)Cc1ccc(SC)cc1.I. The quantitative estimate of drug-likeness (QED) is 0.187. The van der Waals surface area contributed by atoms with Crippen LogP contribution in [0.15, 0.2) is 58.4 Å². The van der Waals surface area contributed by atoms with Gasteiger partial charge in [0.2, 0.25) is 5.91 Å². The number of aliphatic imine (C=N–C) groups is 1. The van der Waals surface area contributed by atoms with E-state index in [-0.39, 0.29) is 29.9 Å². The normalized spacial score (nSPS) is 12.9. The van der Waals surface area contributed by atoms with Gasteiger partial charge >= 0.3 is 0 Å². The van der Waals surface area contributed by atoms with Crippen LogP contribution in [0.25, 0.3) is 0 Å². The van der Waals surface area contributed by atoms with Gasteiger partial charge in [0.1, 0.15) is 0 Å². The highest BCUT2D eigenvalue weighted by Crippen LogP contribution is 2.22. The van der Waals surface area contributed by atoms with E-state index in [0.717, 1.165) is 38.6 Å². The van der Waals surface area contributed by atoms with Crippen LogP contribution in [-0.4, -0.2) is 48.6 Å². The fourth-order valence-corrected chi connectivity index (χ4v) is 3.98. The number of rotatable bonds is 7. The van der Waals surface area contributed by atoms with Crippen molar-refractivity contribution in [3.8, 4) is 0 Å². The maximum Gasteiger partial charge on any atom is 0.223 e. The van der Waals surface area contributed by atoms with E-state index in [1.807, 2.05) is 24.1 Å². The number of hydrogen-bond acceptors (Lipinski definition) is 3. The molecule has 1 N–H and O–H groups in total. The maximum atomic E-state index is 12.5. The molecule has 1 aliphatic heterocycles. The Kier molecular flexibility index (Phi) is 9.97. The molecule has 0 bridgehead atoms. The van der Waals surface area contributed by atoms with Crippen LogP contribution in [-0.2, 0) is 24.4 Å². The molecule has 30 heavy (non-hydrogen) atoms. The standard InChI is InChI=1S/C23H30N4OS.HI/c1-24-23(26(2)15-18-10-12-21(29-3)13-11-18)25-14-6-9-22(28)27-16-19-7-4-5-8-20(19)17-27;/h4-5,7-8,10-13H,6,9,14-17H2,1-3H3,(H,24,25);1H. The molecule has 2 aromatic carbocycles. The summed E-state index contributed by atoms with van der Waals surface area (Å²) >= 11 is 1.75. The largest absolute Gasteiger partial charge is 0.356 e. The highest BCUT2D eigenvalue weighted by atomic mass is 127. The van der Waals surface area contributed by atoms with Crippen LogP contribution in [0.2, 0.25) is 0 Å². The van der Waals surface area contributed by atoms with Gasteiger partial charge in [0.25, 0.3) is 0 Å². The number of fused-ring (bicyclic) bond motifs is 1. The topological polar surface area (TPSA) is 47.9 Å². The first-order chi connectivity index (χ1) is 14.1. The zero-order valence-corrected chi connectivity index (χ0v) is 21.1. The fourth-order valence-electron chi connectivity index (χ4n) is 3.57. The molecule has 7 heteroatoms. The summed E-state index contributed by atoms with van der Waals surface area (Å²) in [6.45, 7) is 3.00. The van der Waals surface area contributed by atoms with Crippen LogP contribution in [0, 0.1) is 0 Å². The van der Waals surface area contributed by atoms with Crippen molar-refractivity contribution >= 4 is 47.6 Å². The molecule has 1 amide bonds. The highest BCUT2D eigenvalue weighted by Gasteiger charge is 2.22. The molecule has 1 heterocycles. The van der Waals surface area contributed by atoms with Crippen LogP contribution in [0.1, 0.15) is 29.5 Å². The lowest BCUT2D eigenvalue weighted by atomic mass is 10.1. The molecule has 0 aliphatic carbocycles. The minimum atomic E-state index is 0. The molecule has 162 valence electrons. The third kappa shape index (κ3) is 6.63.